The summed E-state index contributed by atoms with van der Waals surface area (Å²) in [5.41, 5.74) is 8.01. The Morgan fingerprint density at radius 1 is 1.40 bits per heavy atom. The summed E-state index contributed by atoms with van der Waals surface area (Å²) in [6, 6.07) is 8.33. The first kappa shape index (κ1) is 8.92. The number of carbonyl (C=O) groups is 1. The fraction of sp³-hybridized carbons (Fsp3) is 0.417. The molecule has 1 saturated carbocycles. The highest BCUT2D eigenvalue weighted by Crippen LogP contribution is 2.34. The zero-order valence-electron chi connectivity index (χ0n) is 8.52. The summed E-state index contributed by atoms with van der Waals surface area (Å²) in [5, 5.41) is 0. The Balaban J connectivity index is 1.86. The lowest BCUT2D eigenvalue weighted by molar-refractivity contribution is -0.117. The maximum absolute atomic E-state index is 11.8. The Labute approximate surface area is 88.9 Å². The number of hydrogen-bond donors (Lipinski definition) is 1. The second-order valence-electron chi connectivity index (χ2n) is 4.47. The Hall–Kier alpha value is -1.35. The van der Waals surface area contributed by atoms with Gasteiger partial charge in [-0.15, -0.1) is 0 Å². The minimum atomic E-state index is 0.218. The molecular formula is C12H14N2O. The van der Waals surface area contributed by atoms with Crippen molar-refractivity contribution in [2.75, 3.05) is 11.4 Å². The third-order valence-electron chi connectivity index (χ3n) is 3.32. The molecule has 1 fully saturated rings. The number of anilines is 1. The van der Waals surface area contributed by atoms with Crippen LogP contribution in [-0.2, 0) is 11.2 Å². The van der Waals surface area contributed by atoms with E-state index >= 15 is 0 Å². The normalized spacial score (nSPS) is 28.1. The number of amides is 1. The second kappa shape index (κ2) is 3.07. The predicted octanol–water partition coefficient (Wildman–Crippen LogP) is 0.923. The fourth-order valence-electron chi connectivity index (χ4n) is 2.23. The van der Waals surface area contributed by atoms with Crippen LogP contribution in [0, 0.1) is 5.92 Å². The highest BCUT2D eigenvalue weighted by Gasteiger charge is 2.38. The van der Waals surface area contributed by atoms with Crippen molar-refractivity contribution in [3.05, 3.63) is 29.8 Å². The summed E-state index contributed by atoms with van der Waals surface area (Å²) in [6.07, 6.45) is 1.62. The highest BCUT2D eigenvalue weighted by atomic mass is 16.2. The molecule has 0 aromatic heterocycles. The molecule has 0 saturated heterocycles. The Bertz CT molecular complexity index is 416. The number of para-hydroxylation sites is 1. The van der Waals surface area contributed by atoms with Gasteiger partial charge < -0.3 is 10.6 Å². The predicted molar refractivity (Wildman–Crippen MR) is 58.6 cm³/mol. The molecule has 0 unspecified atom stereocenters. The van der Waals surface area contributed by atoms with Crippen molar-refractivity contribution in [3.63, 3.8) is 0 Å². The van der Waals surface area contributed by atoms with Gasteiger partial charge in [0.2, 0.25) is 5.91 Å². The summed E-state index contributed by atoms with van der Waals surface area (Å²) in [5.74, 6) is 0.732. The van der Waals surface area contributed by atoms with Gasteiger partial charge in [0.05, 0.1) is 6.42 Å². The molecule has 0 radical (unpaired) electrons. The van der Waals surface area contributed by atoms with Crippen LogP contribution in [0.4, 0.5) is 5.69 Å². The zero-order chi connectivity index (χ0) is 10.4. The topological polar surface area (TPSA) is 46.3 Å². The van der Waals surface area contributed by atoms with Crippen molar-refractivity contribution in [1.82, 2.24) is 0 Å². The molecule has 3 rings (SSSR count). The van der Waals surface area contributed by atoms with Gasteiger partial charge in [-0.05, 0) is 24.0 Å². The van der Waals surface area contributed by atoms with Gasteiger partial charge in [-0.2, -0.15) is 0 Å². The maximum atomic E-state index is 11.8. The van der Waals surface area contributed by atoms with Gasteiger partial charge in [0.1, 0.15) is 0 Å². The Kier molecular flexibility index (Phi) is 1.83. The van der Waals surface area contributed by atoms with Gasteiger partial charge in [-0.1, -0.05) is 18.2 Å². The van der Waals surface area contributed by atoms with Crippen LogP contribution < -0.4 is 10.6 Å². The Morgan fingerprint density at radius 2 is 2.13 bits per heavy atom. The van der Waals surface area contributed by atoms with Crippen molar-refractivity contribution in [2.24, 2.45) is 11.7 Å². The number of rotatable bonds is 2. The molecule has 0 bridgehead atoms. The lowest BCUT2D eigenvalue weighted by atomic mass is 10.2. The van der Waals surface area contributed by atoms with Gasteiger partial charge in [-0.3, -0.25) is 4.79 Å². The quantitative estimate of drug-likeness (QED) is 0.775. The molecule has 2 aliphatic rings. The molecular weight excluding hydrogens is 188 g/mol. The third-order valence-corrected chi connectivity index (χ3v) is 3.32. The molecule has 1 aromatic carbocycles. The van der Waals surface area contributed by atoms with E-state index in [9.17, 15) is 4.79 Å². The van der Waals surface area contributed by atoms with Crippen LogP contribution in [0.3, 0.4) is 0 Å². The first-order chi connectivity index (χ1) is 7.25. The van der Waals surface area contributed by atoms with Crippen molar-refractivity contribution >= 4 is 11.6 Å². The van der Waals surface area contributed by atoms with Crippen molar-refractivity contribution < 1.29 is 4.79 Å². The van der Waals surface area contributed by atoms with Crippen molar-refractivity contribution in [1.29, 1.82) is 0 Å². The van der Waals surface area contributed by atoms with Gasteiger partial charge in [0.15, 0.2) is 0 Å². The van der Waals surface area contributed by atoms with E-state index in [0.29, 0.717) is 18.4 Å². The molecule has 2 atom stereocenters. The van der Waals surface area contributed by atoms with E-state index in [1.165, 1.54) is 0 Å². The summed E-state index contributed by atoms with van der Waals surface area (Å²) < 4.78 is 0. The summed E-state index contributed by atoms with van der Waals surface area (Å²) in [4.78, 5) is 13.7. The van der Waals surface area contributed by atoms with Crippen molar-refractivity contribution in [3.8, 4) is 0 Å². The molecule has 1 heterocycles. The van der Waals surface area contributed by atoms with Crippen LogP contribution in [0.5, 0.6) is 0 Å². The van der Waals surface area contributed by atoms with Crippen LogP contribution >= 0.6 is 0 Å². The SMILES string of the molecule is N[C@@H]1C[C@H]1CN1C(=O)Cc2ccccc21. The fourth-order valence-corrected chi connectivity index (χ4v) is 2.23. The van der Waals surface area contributed by atoms with E-state index in [2.05, 4.69) is 0 Å². The van der Waals surface area contributed by atoms with Gasteiger partial charge in [0.25, 0.3) is 0 Å². The molecule has 3 heteroatoms. The molecule has 1 aromatic rings. The van der Waals surface area contributed by atoms with Crippen molar-refractivity contribution in [2.45, 2.75) is 18.9 Å². The largest absolute Gasteiger partial charge is 0.327 e. The highest BCUT2D eigenvalue weighted by molar-refractivity contribution is 6.01. The minimum absolute atomic E-state index is 0.218. The van der Waals surface area contributed by atoms with Crippen LogP contribution in [0.1, 0.15) is 12.0 Å². The van der Waals surface area contributed by atoms with E-state index in [1.807, 2.05) is 29.2 Å². The van der Waals surface area contributed by atoms with E-state index < -0.39 is 0 Å². The zero-order valence-corrected chi connectivity index (χ0v) is 8.52. The molecule has 78 valence electrons. The lowest BCUT2D eigenvalue weighted by Crippen LogP contribution is -2.30. The lowest BCUT2D eigenvalue weighted by Gasteiger charge is -2.16. The first-order valence-electron chi connectivity index (χ1n) is 5.39. The minimum Gasteiger partial charge on any atom is -0.327 e. The van der Waals surface area contributed by atoms with E-state index in [4.69, 9.17) is 5.73 Å². The van der Waals surface area contributed by atoms with E-state index in [0.717, 1.165) is 24.2 Å². The molecule has 1 aliphatic heterocycles. The van der Waals surface area contributed by atoms with Gasteiger partial charge in [0, 0.05) is 18.3 Å². The smallest absolute Gasteiger partial charge is 0.231 e. The van der Waals surface area contributed by atoms with Crippen LogP contribution in [-0.4, -0.2) is 18.5 Å². The standard InChI is InChI=1S/C12H14N2O/c13-10-5-9(10)7-14-11-4-2-1-3-8(11)6-12(14)15/h1-4,9-10H,5-7,13H2/t9-,10+/m0/s1. The average molecular weight is 202 g/mol. The summed E-state index contributed by atoms with van der Waals surface area (Å²) in [6.45, 7) is 0.803. The molecule has 3 nitrogen and oxygen atoms in total. The molecule has 2 N–H and O–H groups in total. The number of nitrogens with zero attached hydrogens (tertiary/aromatic N) is 1. The van der Waals surface area contributed by atoms with E-state index in [-0.39, 0.29) is 5.91 Å². The maximum Gasteiger partial charge on any atom is 0.231 e. The number of fused-ring (bicyclic) bond motifs is 1. The summed E-state index contributed by atoms with van der Waals surface area (Å²) in [7, 11) is 0. The second-order valence-corrected chi connectivity index (χ2v) is 4.47. The van der Waals surface area contributed by atoms with Gasteiger partial charge >= 0.3 is 0 Å². The molecule has 15 heavy (non-hydrogen) atoms. The number of hydrogen-bond acceptors (Lipinski definition) is 2. The van der Waals surface area contributed by atoms with Crippen LogP contribution in [0.25, 0.3) is 0 Å². The molecule has 1 amide bonds. The number of nitrogens with two attached hydrogens (primary N) is 1. The Morgan fingerprint density at radius 3 is 2.87 bits per heavy atom. The van der Waals surface area contributed by atoms with E-state index in [1.54, 1.807) is 0 Å². The first-order valence-corrected chi connectivity index (χ1v) is 5.39. The van der Waals surface area contributed by atoms with Crippen LogP contribution in [0.15, 0.2) is 24.3 Å². The average Bonchev–Trinajstić information content (AvgIpc) is 2.82. The van der Waals surface area contributed by atoms with Gasteiger partial charge in [-0.25, -0.2) is 0 Å². The monoisotopic (exact) mass is 202 g/mol. The molecule has 1 aliphatic carbocycles. The summed E-state index contributed by atoms with van der Waals surface area (Å²) >= 11 is 0. The van der Waals surface area contributed by atoms with Crippen LogP contribution in [0.2, 0.25) is 0 Å². The third kappa shape index (κ3) is 1.43. The number of benzene rings is 1. The molecule has 0 spiro atoms. The number of carbonyl (C=O) groups excluding carboxylic acids is 1.